The molecule has 0 bridgehead atoms. The van der Waals surface area contributed by atoms with Gasteiger partial charge in [0, 0.05) is 0 Å². The van der Waals surface area contributed by atoms with Crippen LogP contribution in [0.3, 0.4) is 0 Å². The van der Waals surface area contributed by atoms with Crippen LogP contribution in [0.2, 0.25) is 0 Å². The van der Waals surface area contributed by atoms with Crippen LogP contribution < -0.4 is 0 Å². The van der Waals surface area contributed by atoms with Crippen LogP contribution in [0.1, 0.15) is 60.8 Å². The van der Waals surface area contributed by atoms with E-state index in [1.165, 1.54) is 0 Å². The van der Waals surface area contributed by atoms with E-state index in [2.05, 4.69) is 8.37 Å². The summed E-state index contributed by atoms with van der Waals surface area (Å²) in [5.41, 5.74) is -1.54. The molecule has 0 N–H and O–H groups in total. The molecular formula is C17H32O10S2. The van der Waals surface area contributed by atoms with Crippen LogP contribution in [-0.4, -0.2) is 53.9 Å². The van der Waals surface area contributed by atoms with E-state index < -0.39 is 68.1 Å². The van der Waals surface area contributed by atoms with E-state index in [-0.39, 0.29) is 6.42 Å². The summed E-state index contributed by atoms with van der Waals surface area (Å²) in [5.74, 6) is -2.45. The van der Waals surface area contributed by atoms with E-state index in [9.17, 15) is 26.4 Å². The predicted molar refractivity (Wildman–Crippen MR) is 104 cm³/mol. The van der Waals surface area contributed by atoms with Crippen molar-refractivity contribution in [2.24, 2.45) is 10.8 Å². The largest absolute Gasteiger partial charge is 0.437 e. The molecule has 0 fully saturated rings. The number of ether oxygens (including phenoxy) is 2. The first-order chi connectivity index (χ1) is 13.1. The molecule has 0 aliphatic carbocycles. The van der Waals surface area contributed by atoms with E-state index in [4.69, 9.17) is 9.47 Å². The van der Waals surface area contributed by atoms with Crippen molar-refractivity contribution >= 4 is 32.2 Å². The Morgan fingerprint density at radius 2 is 1.00 bits per heavy atom. The number of esters is 2. The van der Waals surface area contributed by atoms with Crippen LogP contribution >= 0.6 is 0 Å². The lowest BCUT2D eigenvalue weighted by atomic mass is 9.91. The quantitative estimate of drug-likeness (QED) is 0.214. The van der Waals surface area contributed by atoms with Crippen molar-refractivity contribution in [2.45, 2.75) is 60.8 Å². The number of carbonyl (C=O) groups is 2. The van der Waals surface area contributed by atoms with Crippen molar-refractivity contribution < 1.29 is 44.3 Å². The molecule has 0 aromatic heterocycles. The van der Waals surface area contributed by atoms with Gasteiger partial charge in [0.05, 0.1) is 22.3 Å². The molecule has 0 heterocycles. The summed E-state index contributed by atoms with van der Waals surface area (Å²) >= 11 is 0. The molecule has 10 nitrogen and oxygen atoms in total. The summed E-state index contributed by atoms with van der Waals surface area (Å²) in [6.07, 6.45) is 0.691. The molecule has 0 atom stereocenters. The van der Waals surface area contributed by atoms with Gasteiger partial charge in [0.25, 0.3) is 20.2 Å². The number of hydrogen-bond donors (Lipinski definition) is 0. The maximum Gasteiger partial charge on any atom is 0.313 e. The van der Waals surface area contributed by atoms with Gasteiger partial charge in [0.2, 0.25) is 13.6 Å². The maximum atomic E-state index is 11.7. The van der Waals surface area contributed by atoms with Crippen molar-refractivity contribution in [3.05, 3.63) is 0 Å². The van der Waals surface area contributed by atoms with Crippen molar-refractivity contribution in [3.8, 4) is 0 Å². The number of carbonyl (C=O) groups excluding carboxylic acids is 2. The summed E-state index contributed by atoms with van der Waals surface area (Å²) in [5, 5.41) is 0. The van der Waals surface area contributed by atoms with E-state index in [0.29, 0.717) is 12.8 Å². The van der Waals surface area contributed by atoms with E-state index in [1.54, 1.807) is 41.5 Å². The Bertz CT molecular complexity index is 687. The summed E-state index contributed by atoms with van der Waals surface area (Å²) in [6, 6.07) is 0. The van der Waals surface area contributed by atoms with Gasteiger partial charge in [-0.05, 0) is 47.0 Å². The lowest BCUT2D eigenvalue weighted by molar-refractivity contribution is -0.161. The average Bonchev–Trinajstić information content (AvgIpc) is 2.60. The van der Waals surface area contributed by atoms with Crippen LogP contribution in [0.5, 0.6) is 0 Å². The van der Waals surface area contributed by atoms with Gasteiger partial charge in [-0.25, -0.2) is 8.37 Å². The van der Waals surface area contributed by atoms with E-state index >= 15 is 0 Å². The van der Waals surface area contributed by atoms with Gasteiger partial charge in [0.1, 0.15) is 0 Å². The minimum Gasteiger partial charge on any atom is -0.437 e. The normalized spacial score (nSPS) is 13.2. The zero-order valence-corrected chi connectivity index (χ0v) is 19.5. The molecular weight excluding hydrogens is 428 g/mol. The number of hydrogen-bond acceptors (Lipinski definition) is 10. The highest BCUT2D eigenvalue weighted by molar-refractivity contribution is 7.87. The fraction of sp³-hybridized carbons (Fsp3) is 0.882. The standard InChI is InChI=1S/C17H32O10S2/c1-7-16(3,4)14(18)24-12-26-28(20,21)10-9-11-29(22,23)27-13-25-15(19)17(5,6)8-2/h7-13H2,1-6H3. The third-order valence-electron chi connectivity index (χ3n) is 4.50. The highest BCUT2D eigenvalue weighted by atomic mass is 32.2. The second kappa shape index (κ2) is 11.2. The molecule has 0 unspecified atom stereocenters. The SMILES string of the molecule is CCC(C)(C)C(=O)OCOS(=O)(=O)CCCS(=O)(=O)OCOC(=O)C(C)(C)CC. The Morgan fingerprint density at radius 1 is 0.690 bits per heavy atom. The van der Waals surface area contributed by atoms with Gasteiger partial charge in [-0.1, -0.05) is 13.8 Å². The van der Waals surface area contributed by atoms with Crippen LogP contribution in [-0.2, 0) is 47.7 Å². The molecule has 0 aliphatic heterocycles. The predicted octanol–water partition coefficient (Wildman–Crippen LogP) is 1.94. The fourth-order valence-electron chi connectivity index (χ4n) is 1.51. The molecule has 0 radical (unpaired) electrons. The zero-order valence-electron chi connectivity index (χ0n) is 17.8. The molecule has 0 saturated heterocycles. The highest BCUT2D eigenvalue weighted by Crippen LogP contribution is 2.22. The molecule has 0 spiro atoms. The molecule has 29 heavy (non-hydrogen) atoms. The van der Waals surface area contributed by atoms with Crippen LogP contribution in [0.15, 0.2) is 0 Å². The first kappa shape index (κ1) is 27.8. The summed E-state index contributed by atoms with van der Waals surface area (Å²) < 4.78 is 65.6. The van der Waals surface area contributed by atoms with Gasteiger partial charge in [-0.2, -0.15) is 16.8 Å². The Kier molecular flexibility index (Phi) is 10.8. The molecule has 172 valence electrons. The monoisotopic (exact) mass is 460 g/mol. The second-order valence-electron chi connectivity index (χ2n) is 7.69. The molecule has 0 amide bonds. The summed E-state index contributed by atoms with van der Waals surface area (Å²) in [6.45, 7) is 8.60. The minimum atomic E-state index is -4.09. The molecule has 0 aromatic rings. The van der Waals surface area contributed by atoms with Crippen LogP contribution in [0.4, 0.5) is 0 Å². The molecule has 0 aromatic carbocycles. The Labute approximate surface area is 173 Å². The van der Waals surface area contributed by atoms with Gasteiger partial charge in [0.15, 0.2) is 0 Å². The number of rotatable bonds is 14. The third kappa shape index (κ3) is 10.9. The topological polar surface area (TPSA) is 139 Å². The summed E-state index contributed by atoms with van der Waals surface area (Å²) in [4.78, 5) is 23.5. The molecule has 0 saturated carbocycles. The Hall–Kier alpha value is -1.24. The molecule has 12 heteroatoms. The summed E-state index contributed by atoms with van der Waals surface area (Å²) in [7, 11) is -8.18. The van der Waals surface area contributed by atoms with Crippen molar-refractivity contribution in [1.82, 2.24) is 0 Å². The van der Waals surface area contributed by atoms with Gasteiger partial charge >= 0.3 is 11.9 Å². The average molecular weight is 461 g/mol. The lowest BCUT2D eigenvalue weighted by Crippen LogP contribution is -2.28. The molecule has 0 rings (SSSR count). The Morgan fingerprint density at radius 3 is 1.28 bits per heavy atom. The van der Waals surface area contributed by atoms with Crippen molar-refractivity contribution in [1.29, 1.82) is 0 Å². The maximum absolute atomic E-state index is 11.7. The van der Waals surface area contributed by atoms with Crippen molar-refractivity contribution in [3.63, 3.8) is 0 Å². The van der Waals surface area contributed by atoms with Crippen LogP contribution in [0.25, 0.3) is 0 Å². The zero-order chi connectivity index (χ0) is 22.9. The van der Waals surface area contributed by atoms with Crippen LogP contribution in [0, 0.1) is 10.8 Å². The highest BCUT2D eigenvalue weighted by Gasteiger charge is 2.28. The minimum absolute atomic E-state index is 0.312. The smallest absolute Gasteiger partial charge is 0.313 e. The first-order valence-electron chi connectivity index (χ1n) is 9.17. The third-order valence-corrected chi connectivity index (χ3v) is 6.99. The lowest BCUT2D eigenvalue weighted by Gasteiger charge is -2.20. The van der Waals surface area contributed by atoms with Gasteiger partial charge in [-0.3, -0.25) is 9.59 Å². The van der Waals surface area contributed by atoms with E-state index in [0.717, 1.165) is 0 Å². The second-order valence-corrected chi connectivity index (χ2v) is 11.2. The van der Waals surface area contributed by atoms with Gasteiger partial charge < -0.3 is 9.47 Å². The Balaban J connectivity index is 4.31. The van der Waals surface area contributed by atoms with Crippen molar-refractivity contribution in [2.75, 3.05) is 25.1 Å². The fourth-order valence-corrected chi connectivity index (χ4v) is 3.32. The first-order valence-corrected chi connectivity index (χ1v) is 12.3. The molecule has 0 aliphatic rings. The van der Waals surface area contributed by atoms with E-state index in [1.807, 2.05) is 0 Å². The van der Waals surface area contributed by atoms with Gasteiger partial charge in [-0.15, -0.1) is 0 Å².